The van der Waals surface area contributed by atoms with Gasteiger partial charge in [0.25, 0.3) is 14.4 Å². The standard InChI is InChI=1S/C49H55FN7O7P/c1-8-55(46(58)34-16-11-9-12-17-34)44-42-45(53-31-52-44)56(32-54-42)47-41(50)43(64-65(59)57(33(2)3)48(4,5)28-15-29-51)40(63-47)30-62-49(35-18-13-10-14-19-35,36-20-24-38(60-6)25-21-36)37-22-26-39(61-7)27-23-37/h9-14,16-27,31-33,40-41,43,47,59H,8,15,28,30H2,1-7H3/t40-,41-,43-,47-,65?/m1/s1. The van der Waals surface area contributed by atoms with Crippen LogP contribution in [0.25, 0.3) is 11.2 Å². The van der Waals surface area contributed by atoms with E-state index >= 15 is 4.39 Å². The number of anilines is 1. The number of fused-ring (bicyclic) bond motifs is 1. The van der Waals surface area contributed by atoms with Crippen molar-refractivity contribution in [3.05, 3.63) is 144 Å². The fraction of sp³-hybridized carbons (Fsp3) is 0.367. The molecule has 1 N–H and O–H groups in total. The van der Waals surface area contributed by atoms with Crippen LogP contribution >= 0.6 is 8.53 Å². The second-order valence-corrected chi connectivity index (χ2v) is 17.6. The largest absolute Gasteiger partial charge is 0.497 e. The zero-order valence-corrected chi connectivity index (χ0v) is 38.5. The first-order chi connectivity index (χ1) is 31.4. The summed E-state index contributed by atoms with van der Waals surface area (Å²) in [4.78, 5) is 40.9. The first kappa shape index (κ1) is 47.1. The molecule has 4 aromatic carbocycles. The number of nitrogens with zero attached hydrogens (tertiary/aromatic N) is 7. The molecular formula is C49H55FN7O7P. The van der Waals surface area contributed by atoms with E-state index in [1.165, 1.54) is 22.1 Å². The van der Waals surface area contributed by atoms with Crippen LogP contribution in [-0.4, -0.2) is 92.3 Å². The van der Waals surface area contributed by atoms with E-state index in [0.29, 0.717) is 23.5 Å². The number of imidazole rings is 1. The number of carbonyl (C=O) groups is 1. The third-order valence-electron chi connectivity index (χ3n) is 11.7. The van der Waals surface area contributed by atoms with Crippen molar-refractivity contribution >= 4 is 31.4 Å². The smallest absolute Gasteiger partial charge is 0.259 e. The number of rotatable bonds is 19. The van der Waals surface area contributed by atoms with E-state index in [2.05, 4.69) is 21.0 Å². The predicted molar refractivity (Wildman–Crippen MR) is 246 cm³/mol. The molecule has 0 spiro atoms. The highest BCUT2D eigenvalue weighted by atomic mass is 31.2. The van der Waals surface area contributed by atoms with Gasteiger partial charge in [0.2, 0.25) is 0 Å². The highest BCUT2D eigenvalue weighted by Gasteiger charge is 2.52. The van der Waals surface area contributed by atoms with Gasteiger partial charge in [0.1, 0.15) is 35.6 Å². The normalized spacial score (nSPS) is 18.2. The average molecular weight is 904 g/mol. The van der Waals surface area contributed by atoms with Crippen molar-refractivity contribution in [3.63, 3.8) is 0 Å². The Kier molecular flexibility index (Phi) is 14.9. The molecule has 3 heterocycles. The first-order valence-corrected chi connectivity index (χ1v) is 22.7. The number of hydrogen-bond acceptors (Lipinski definition) is 12. The Morgan fingerprint density at radius 1 is 0.908 bits per heavy atom. The number of ether oxygens (including phenoxy) is 4. The van der Waals surface area contributed by atoms with Gasteiger partial charge in [0.05, 0.1) is 33.2 Å². The molecule has 1 unspecified atom stereocenters. The molecule has 65 heavy (non-hydrogen) atoms. The molecule has 1 amide bonds. The Hall–Kier alpha value is -5.85. The fourth-order valence-electron chi connectivity index (χ4n) is 8.57. The van der Waals surface area contributed by atoms with Crippen molar-refractivity contribution in [3.8, 4) is 17.6 Å². The summed E-state index contributed by atoms with van der Waals surface area (Å²) >= 11 is 0. The summed E-state index contributed by atoms with van der Waals surface area (Å²) in [6, 6.07) is 35.6. The highest BCUT2D eigenvalue weighted by molar-refractivity contribution is 7.43. The van der Waals surface area contributed by atoms with Crippen LogP contribution in [0.5, 0.6) is 11.5 Å². The number of hydrogen-bond donors (Lipinski definition) is 1. The van der Waals surface area contributed by atoms with Gasteiger partial charge in [0, 0.05) is 30.1 Å². The summed E-state index contributed by atoms with van der Waals surface area (Å²) in [5.41, 5.74) is 1.27. The van der Waals surface area contributed by atoms with Crippen molar-refractivity contribution in [2.75, 3.05) is 32.3 Å². The van der Waals surface area contributed by atoms with Gasteiger partial charge in [0.15, 0.2) is 29.4 Å². The van der Waals surface area contributed by atoms with Crippen LogP contribution in [0.2, 0.25) is 0 Å². The minimum atomic E-state index is -2.46. The zero-order chi connectivity index (χ0) is 46.3. The minimum Gasteiger partial charge on any atom is -0.497 e. The molecule has 2 aromatic heterocycles. The van der Waals surface area contributed by atoms with Crippen LogP contribution in [0.3, 0.4) is 0 Å². The van der Waals surface area contributed by atoms with Gasteiger partial charge in [-0.3, -0.25) is 14.3 Å². The van der Waals surface area contributed by atoms with Crippen molar-refractivity contribution in [1.29, 1.82) is 5.26 Å². The van der Waals surface area contributed by atoms with E-state index in [0.717, 1.165) is 16.7 Å². The lowest BCUT2D eigenvalue weighted by atomic mass is 9.80. The van der Waals surface area contributed by atoms with Gasteiger partial charge in [-0.15, -0.1) is 0 Å². The molecule has 0 bridgehead atoms. The summed E-state index contributed by atoms with van der Waals surface area (Å²) in [5.74, 6) is 1.27. The van der Waals surface area contributed by atoms with E-state index in [-0.39, 0.29) is 48.5 Å². The number of amides is 1. The molecule has 1 saturated heterocycles. The Bertz CT molecular complexity index is 2500. The Balaban J connectivity index is 1.31. The van der Waals surface area contributed by atoms with Gasteiger partial charge in [-0.25, -0.2) is 24.0 Å². The molecule has 7 rings (SSSR count). The average Bonchev–Trinajstić information content (AvgIpc) is 3.89. The summed E-state index contributed by atoms with van der Waals surface area (Å²) in [7, 11) is 0.734. The maximum atomic E-state index is 17.7. The zero-order valence-electron chi connectivity index (χ0n) is 37.6. The Morgan fingerprint density at radius 3 is 2.05 bits per heavy atom. The van der Waals surface area contributed by atoms with Crippen molar-refractivity contribution in [2.45, 2.75) is 89.2 Å². The van der Waals surface area contributed by atoms with Crippen LogP contribution in [0.15, 0.2) is 122 Å². The number of methoxy groups -OCH3 is 2. The number of benzene rings is 4. The molecule has 0 saturated carbocycles. The van der Waals surface area contributed by atoms with E-state index in [1.807, 2.05) is 120 Å². The quantitative estimate of drug-likeness (QED) is 0.0608. The topological polar surface area (TPSA) is 157 Å². The van der Waals surface area contributed by atoms with Crippen LogP contribution < -0.4 is 14.4 Å². The Labute approximate surface area is 380 Å². The molecule has 14 nitrogen and oxygen atoms in total. The van der Waals surface area contributed by atoms with Crippen molar-refractivity contribution in [1.82, 2.24) is 24.2 Å². The number of carbonyl (C=O) groups excluding carboxylic acids is 1. The summed E-state index contributed by atoms with van der Waals surface area (Å²) < 4.78 is 52.4. The number of nitriles is 1. The number of halogens is 1. The van der Waals surface area contributed by atoms with Gasteiger partial charge >= 0.3 is 0 Å². The van der Waals surface area contributed by atoms with Crippen LogP contribution in [0.4, 0.5) is 10.2 Å². The van der Waals surface area contributed by atoms with Gasteiger partial charge in [-0.05, 0) is 94.1 Å². The molecule has 0 aliphatic carbocycles. The third-order valence-corrected chi connectivity index (χ3v) is 13.5. The maximum absolute atomic E-state index is 17.7. The molecule has 6 aromatic rings. The van der Waals surface area contributed by atoms with Gasteiger partial charge < -0.3 is 28.4 Å². The molecule has 5 atom stereocenters. The van der Waals surface area contributed by atoms with Crippen molar-refractivity contribution in [2.24, 2.45) is 0 Å². The maximum Gasteiger partial charge on any atom is 0.259 e. The van der Waals surface area contributed by atoms with Crippen LogP contribution in [-0.2, 0) is 19.6 Å². The number of alkyl halides is 1. The monoisotopic (exact) mass is 903 g/mol. The van der Waals surface area contributed by atoms with Gasteiger partial charge in [-0.2, -0.15) is 5.26 Å². The van der Waals surface area contributed by atoms with Gasteiger partial charge in [-0.1, -0.05) is 72.8 Å². The Morgan fingerprint density at radius 2 is 1.49 bits per heavy atom. The second-order valence-electron chi connectivity index (χ2n) is 16.5. The SMILES string of the molecule is CCN(C(=O)c1ccccc1)c1ncnc2c1ncn2[C@@H]1O[C@H](COC(c2ccccc2)(c2ccc(OC)cc2)c2ccc(OC)cc2)[C@@H](OP(O)N(C(C)C)C(C)(C)CCC#N)[C@H]1F. The third kappa shape index (κ3) is 9.61. The minimum absolute atomic E-state index is 0.223. The molecule has 1 aliphatic rings. The molecule has 1 aliphatic heterocycles. The second kappa shape index (κ2) is 20.5. The van der Waals surface area contributed by atoms with E-state index in [4.69, 9.17) is 23.5 Å². The molecule has 340 valence electrons. The summed E-state index contributed by atoms with van der Waals surface area (Å²) in [6.45, 7) is 9.57. The fourth-order valence-corrected chi connectivity index (χ4v) is 10.1. The van der Waals surface area contributed by atoms with E-state index in [9.17, 15) is 14.9 Å². The molecular weight excluding hydrogens is 849 g/mol. The number of aromatic nitrogens is 4. The molecule has 16 heteroatoms. The first-order valence-electron chi connectivity index (χ1n) is 21.5. The molecule has 0 radical (unpaired) electrons. The van der Waals surface area contributed by atoms with E-state index < -0.39 is 44.3 Å². The highest BCUT2D eigenvalue weighted by Crippen LogP contribution is 2.51. The van der Waals surface area contributed by atoms with E-state index in [1.54, 1.807) is 43.2 Å². The molecule has 1 fully saturated rings. The lowest BCUT2D eigenvalue weighted by Crippen LogP contribution is -2.46. The van der Waals surface area contributed by atoms with Crippen LogP contribution in [0.1, 0.15) is 80.7 Å². The predicted octanol–water partition coefficient (Wildman–Crippen LogP) is 9.15. The summed E-state index contributed by atoms with van der Waals surface area (Å²) in [6.07, 6.45) is -2.35. The lowest BCUT2D eigenvalue weighted by Gasteiger charge is -2.43. The van der Waals surface area contributed by atoms with Crippen LogP contribution in [0, 0.1) is 11.3 Å². The summed E-state index contributed by atoms with van der Waals surface area (Å²) in [5, 5.41) is 9.46. The lowest BCUT2D eigenvalue weighted by molar-refractivity contribution is -0.0918. The van der Waals surface area contributed by atoms with Crippen molar-refractivity contribution < 1.29 is 37.5 Å².